The molecule has 2 heterocycles. The number of terminal acetylenes is 1. The molecule has 4 N–H and O–H groups in total. The lowest BCUT2D eigenvalue weighted by molar-refractivity contribution is -0.142. The number of aromatic nitrogens is 1. The molecule has 1 fully saturated rings. The number of rotatable bonds is 6. The minimum Gasteiger partial charge on any atom is -0.495 e. The van der Waals surface area contributed by atoms with E-state index in [2.05, 4.69) is 21.5 Å². The monoisotopic (exact) mass is 432 g/mol. The van der Waals surface area contributed by atoms with Crippen LogP contribution in [0.3, 0.4) is 0 Å². The first-order chi connectivity index (χ1) is 14.5. The molecule has 1 aliphatic rings. The molecule has 0 aromatic carbocycles. The third-order valence-corrected chi connectivity index (χ3v) is 4.99. The van der Waals surface area contributed by atoms with Gasteiger partial charge in [-0.1, -0.05) is 26.7 Å². The zero-order valence-corrected chi connectivity index (χ0v) is 18.0. The van der Waals surface area contributed by atoms with Gasteiger partial charge in [0.25, 0.3) is 0 Å². The van der Waals surface area contributed by atoms with Gasteiger partial charge in [-0.05, 0) is 11.5 Å². The van der Waals surface area contributed by atoms with E-state index in [9.17, 15) is 19.5 Å². The van der Waals surface area contributed by atoms with E-state index in [-0.39, 0.29) is 19.5 Å². The SMILES string of the molecule is C#Cc1cnc(CNC(=O)[C@@H]2C[C@@H](O)CN2C(=O)[C@@H](NC(=O)O)C(C)(C)C)c(OC)c1. The molecule has 0 spiro atoms. The Kier molecular flexibility index (Phi) is 7.46. The van der Waals surface area contributed by atoms with Gasteiger partial charge in [0.1, 0.15) is 23.5 Å². The van der Waals surface area contributed by atoms with E-state index in [1.54, 1.807) is 26.8 Å². The van der Waals surface area contributed by atoms with Crippen LogP contribution in [0.1, 0.15) is 38.4 Å². The predicted molar refractivity (Wildman–Crippen MR) is 111 cm³/mol. The van der Waals surface area contributed by atoms with Gasteiger partial charge < -0.3 is 30.5 Å². The van der Waals surface area contributed by atoms with E-state index < -0.39 is 41.5 Å². The van der Waals surface area contributed by atoms with Crippen LogP contribution in [0, 0.1) is 17.8 Å². The van der Waals surface area contributed by atoms with Gasteiger partial charge in [0, 0.05) is 24.7 Å². The summed E-state index contributed by atoms with van der Waals surface area (Å²) in [7, 11) is 1.46. The minimum absolute atomic E-state index is 0.0254. The molecule has 0 radical (unpaired) electrons. The Balaban J connectivity index is 2.16. The van der Waals surface area contributed by atoms with Gasteiger partial charge >= 0.3 is 6.09 Å². The fourth-order valence-electron chi connectivity index (χ4n) is 3.39. The highest BCUT2D eigenvalue weighted by Gasteiger charge is 2.44. The second-order valence-electron chi connectivity index (χ2n) is 8.38. The zero-order chi connectivity index (χ0) is 23.3. The van der Waals surface area contributed by atoms with Gasteiger partial charge in [0.15, 0.2) is 0 Å². The number of carboxylic acid groups (broad SMARTS) is 1. The summed E-state index contributed by atoms with van der Waals surface area (Å²) in [6.07, 6.45) is 4.63. The van der Waals surface area contributed by atoms with Crippen molar-refractivity contribution in [1.82, 2.24) is 20.5 Å². The van der Waals surface area contributed by atoms with E-state index in [0.29, 0.717) is 17.0 Å². The summed E-state index contributed by atoms with van der Waals surface area (Å²) in [4.78, 5) is 42.5. The van der Waals surface area contributed by atoms with Crippen molar-refractivity contribution in [2.75, 3.05) is 13.7 Å². The summed E-state index contributed by atoms with van der Waals surface area (Å²) in [6, 6.07) is -0.405. The number of pyridine rings is 1. The molecule has 1 aromatic rings. The van der Waals surface area contributed by atoms with E-state index in [0.717, 1.165) is 0 Å². The lowest BCUT2D eigenvalue weighted by atomic mass is 9.85. The number of carbonyl (C=O) groups is 3. The topological polar surface area (TPSA) is 141 Å². The number of amides is 3. The molecule has 0 saturated carbocycles. The fourth-order valence-corrected chi connectivity index (χ4v) is 3.39. The van der Waals surface area contributed by atoms with Gasteiger partial charge in [-0.25, -0.2) is 4.79 Å². The summed E-state index contributed by atoms with van der Waals surface area (Å²) in [5.41, 5.74) is 0.244. The molecule has 10 nitrogen and oxygen atoms in total. The maximum Gasteiger partial charge on any atom is 0.405 e. The molecular formula is C21H28N4O6. The lowest BCUT2D eigenvalue weighted by Gasteiger charge is -2.34. The zero-order valence-electron chi connectivity index (χ0n) is 18.0. The van der Waals surface area contributed by atoms with Crippen molar-refractivity contribution >= 4 is 17.9 Å². The molecular weight excluding hydrogens is 404 g/mol. The molecule has 31 heavy (non-hydrogen) atoms. The average Bonchev–Trinajstić information content (AvgIpc) is 3.10. The third kappa shape index (κ3) is 5.86. The van der Waals surface area contributed by atoms with Crippen molar-refractivity contribution in [3.63, 3.8) is 0 Å². The molecule has 0 aliphatic carbocycles. The number of hydrogen-bond acceptors (Lipinski definition) is 6. The Hall–Kier alpha value is -3.32. The molecule has 1 aromatic heterocycles. The largest absolute Gasteiger partial charge is 0.495 e. The number of methoxy groups -OCH3 is 1. The van der Waals surface area contributed by atoms with Crippen LogP contribution in [0.2, 0.25) is 0 Å². The van der Waals surface area contributed by atoms with Crippen LogP contribution in [0.15, 0.2) is 12.3 Å². The van der Waals surface area contributed by atoms with Crippen molar-refractivity contribution < 1.29 is 29.3 Å². The third-order valence-electron chi connectivity index (χ3n) is 4.99. The molecule has 0 bridgehead atoms. The second-order valence-corrected chi connectivity index (χ2v) is 8.38. The van der Waals surface area contributed by atoms with Gasteiger partial charge in [0.2, 0.25) is 11.8 Å². The predicted octanol–water partition coefficient (Wildman–Crippen LogP) is 0.332. The molecule has 2 rings (SSSR count). The molecule has 3 atom stereocenters. The number of ether oxygens (including phenoxy) is 1. The van der Waals surface area contributed by atoms with Crippen molar-refractivity contribution in [2.24, 2.45) is 5.41 Å². The smallest absolute Gasteiger partial charge is 0.405 e. The van der Waals surface area contributed by atoms with Crippen LogP contribution in [0.5, 0.6) is 5.75 Å². The van der Waals surface area contributed by atoms with Crippen LogP contribution >= 0.6 is 0 Å². The molecule has 1 saturated heterocycles. The van der Waals surface area contributed by atoms with E-state index in [1.165, 1.54) is 18.2 Å². The summed E-state index contributed by atoms with van der Waals surface area (Å²) < 4.78 is 5.25. The summed E-state index contributed by atoms with van der Waals surface area (Å²) in [6.45, 7) is 5.10. The summed E-state index contributed by atoms with van der Waals surface area (Å²) in [5.74, 6) is 1.80. The minimum atomic E-state index is -1.34. The first-order valence-electron chi connectivity index (χ1n) is 9.73. The molecule has 3 amide bonds. The summed E-state index contributed by atoms with van der Waals surface area (Å²) in [5, 5.41) is 24.1. The number of aliphatic hydroxyl groups excluding tert-OH is 1. The van der Waals surface area contributed by atoms with Gasteiger partial charge in [-0.15, -0.1) is 6.42 Å². The second kappa shape index (κ2) is 9.66. The maximum absolute atomic E-state index is 13.1. The van der Waals surface area contributed by atoms with Crippen LogP contribution in [0.4, 0.5) is 4.79 Å². The number of nitrogens with zero attached hydrogens (tertiary/aromatic N) is 2. The first kappa shape index (κ1) is 24.0. The highest BCUT2D eigenvalue weighted by molar-refractivity contribution is 5.92. The van der Waals surface area contributed by atoms with Gasteiger partial charge in [-0.2, -0.15) is 0 Å². The van der Waals surface area contributed by atoms with Crippen molar-refractivity contribution in [2.45, 2.75) is 51.9 Å². The average molecular weight is 432 g/mol. The summed E-state index contributed by atoms with van der Waals surface area (Å²) >= 11 is 0. The van der Waals surface area contributed by atoms with E-state index >= 15 is 0 Å². The van der Waals surface area contributed by atoms with Gasteiger partial charge in [-0.3, -0.25) is 14.6 Å². The fraction of sp³-hybridized carbons (Fsp3) is 0.524. The Morgan fingerprint density at radius 2 is 2.10 bits per heavy atom. The number of likely N-dealkylation sites (tertiary alicyclic amines) is 1. The quantitative estimate of drug-likeness (QED) is 0.475. The number of aliphatic hydroxyl groups is 1. The Morgan fingerprint density at radius 3 is 2.65 bits per heavy atom. The number of β-amino-alcohol motifs (C(OH)–C–C–N with tert-alkyl or cyclic N) is 1. The standard InChI is InChI=1S/C21H28N4O6/c1-6-12-7-16(31-5)14(22-9-12)10-23-18(27)15-8-13(26)11-25(15)19(28)17(21(2,3)4)24-20(29)30/h1,7,9,13,15,17,24,26H,8,10-11H2,2-5H3,(H,23,27)(H,29,30)/t13-,15+,17-/m1/s1. The van der Waals surface area contributed by atoms with Crippen LogP contribution in [0.25, 0.3) is 0 Å². The molecule has 0 unspecified atom stereocenters. The van der Waals surface area contributed by atoms with Crippen molar-refractivity contribution in [3.05, 3.63) is 23.5 Å². The Bertz CT molecular complexity index is 889. The molecule has 168 valence electrons. The maximum atomic E-state index is 13.1. The van der Waals surface area contributed by atoms with Gasteiger partial charge in [0.05, 0.1) is 19.8 Å². The number of hydrogen-bond donors (Lipinski definition) is 4. The first-order valence-corrected chi connectivity index (χ1v) is 9.73. The highest BCUT2D eigenvalue weighted by atomic mass is 16.5. The van der Waals surface area contributed by atoms with Crippen molar-refractivity contribution in [1.29, 1.82) is 0 Å². The Morgan fingerprint density at radius 1 is 1.42 bits per heavy atom. The van der Waals surface area contributed by atoms with Crippen molar-refractivity contribution in [3.8, 4) is 18.1 Å². The normalized spacial score (nSPS) is 19.3. The Labute approximate surface area is 181 Å². The van der Waals surface area contributed by atoms with E-state index in [4.69, 9.17) is 16.3 Å². The highest BCUT2D eigenvalue weighted by Crippen LogP contribution is 2.26. The molecule has 10 heteroatoms. The number of nitrogens with one attached hydrogen (secondary N) is 2. The number of carbonyl (C=O) groups excluding carboxylic acids is 2. The lowest BCUT2D eigenvalue weighted by Crippen LogP contribution is -2.57. The van der Waals surface area contributed by atoms with E-state index in [1.807, 2.05) is 0 Å². The van der Waals surface area contributed by atoms with Crippen LogP contribution in [-0.4, -0.2) is 69.8 Å². The van der Waals surface area contributed by atoms with Crippen LogP contribution in [-0.2, 0) is 16.1 Å². The molecule has 1 aliphatic heterocycles. The van der Waals surface area contributed by atoms with Crippen LogP contribution < -0.4 is 15.4 Å².